The predicted octanol–water partition coefficient (Wildman–Crippen LogP) is 1.19. The number of carbonyl (C=O) groups is 1. The minimum Gasteiger partial charge on any atom is -0.325 e. The lowest BCUT2D eigenvalue weighted by Crippen LogP contribution is -2.28. The van der Waals surface area contributed by atoms with Gasteiger partial charge in [-0.15, -0.1) is 0 Å². The molecule has 8 heteroatoms. The van der Waals surface area contributed by atoms with Gasteiger partial charge in [0.2, 0.25) is 5.91 Å². The van der Waals surface area contributed by atoms with Crippen LogP contribution >= 0.6 is 11.8 Å². The van der Waals surface area contributed by atoms with Crippen LogP contribution in [0.1, 0.15) is 18.1 Å². The molecule has 1 atom stereocenters. The number of carbonyl (C=O) groups excluding carboxylic acids is 1. The smallest absolute Gasteiger partial charge is 0.325 e. The van der Waals surface area contributed by atoms with E-state index in [4.69, 9.17) is 0 Å². The highest BCUT2D eigenvalue weighted by atomic mass is 32.2. The predicted molar refractivity (Wildman–Crippen MR) is 85.3 cm³/mol. The normalized spacial score (nSPS) is 12.0. The summed E-state index contributed by atoms with van der Waals surface area (Å²) in [6, 6.07) is 5.74. The van der Waals surface area contributed by atoms with E-state index in [0.29, 0.717) is 0 Å². The van der Waals surface area contributed by atoms with Crippen LogP contribution in [0.3, 0.4) is 0 Å². The second-order valence-corrected chi connectivity index (χ2v) is 6.16. The van der Waals surface area contributed by atoms with Crippen LogP contribution in [0, 0.1) is 13.8 Å². The molecule has 0 radical (unpaired) electrons. The number of rotatable bonds is 4. The number of hydrogen-bond donors (Lipinski definition) is 3. The second kappa shape index (κ2) is 6.61. The van der Waals surface area contributed by atoms with Crippen molar-refractivity contribution >= 4 is 23.4 Å². The molecule has 0 saturated heterocycles. The van der Waals surface area contributed by atoms with Crippen molar-refractivity contribution < 1.29 is 4.79 Å². The number of hydrogen-bond acceptors (Lipinski definition) is 5. The van der Waals surface area contributed by atoms with E-state index in [0.717, 1.165) is 28.6 Å². The van der Waals surface area contributed by atoms with E-state index in [-0.39, 0.29) is 10.9 Å². The molecule has 0 unspecified atom stereocenters. The molecule has 0 fully saturated rings. The van der Waals surface area contributed by atoms with Gasteiger partial charge in [-0.2, -0.15) is 5.10 Å². The van der Waals surface area contributed by atoms with Crippen LogP contribution < -0.4 is 16.6 Å². The Labute approximate surface area is 130 Å². The standard InChI is InChI=1S/C14H16N4O3S/c1-7-5-4-6-8(2)10(7)15-11(19)9(3)22-13-12(20)16-14(21)18-17-13/h4-6,9H,1-3H3,(H,15,19)(H2,16,18,20,21)/t9-/m1/s1. The molecule has 116 valence electrons. The van der Waals surface area contributed by atoms with Crippen molar-refractivity contribution in [3.8, 4) is 0 Å². The molecule has 0 bridgehead atoms. The van der Waals surface area contributed by atoms with Crippen molar-refractivity contribution in [2.45, 2.75) is 31.0 Å². The molecule has 1 amide bonds. The third-order valence-electron chi connectivity index (χ3n) is 3.07. The molecule has 1 heterocycles. The Bertz CT molecular complexity index is 792. The SMILES string of the molecule is Cc1cccc(C)c1NC(=O)[C@@H](C)Sc1n[nH]c(=O)[nH]c1=O. The maximum Gasteiger partial charge on any atom is 0.342 e. The van der Waals surface area contributed by atoms with Crippen LogP contribution in [-0.4, -0.2) is 26.3 Å². The zero-order chi connectivity index (χ0) is 16.3. The summed E-state index contributed by atoms with van der Waals surface area (Å²) >= 11 is 0.981. The number of H-pyrrole nitrogens is 2. The molecule has 1 aromatic heterocycles. The molecule has 3 N–H and O–H groups in total. The van der Waals surface area contributed by atoms with Gasteiger partial charge in [-0.3, -0.25) is 14.6 Å². The number of aromatic nitrogens is 3. The minimum absolute atomic E-state index is 0.0451. The van der Waals surface area contributed by atoms with E-state index in [2.05, 4.69) is 20.5 Å². The Morgan fingerprint density at radius 1 is 1.27 bits per heavy atom. The van der Waals surface area contributed by atoms with Gasteiger partial charge in [0.15, 0.2) is 5.03 Å². The number of benzene rings is 1. The molecule has 0 saturated carbocycles. The lowest BCUT2D eigenvalue weighted by Gasteiger charge is -2.14. The van der Waals surface area contributed by atoms with Crippen molar-refractivity contribution in [2.24, 2.45) is 0 Å². The van der Waals surface area contributed by atoms with Gasteiger partial charge >= 0.3 is 5.69 Å². The summed E-state index contributed by atoms with van der Waals surface area (Å²) in [5, 5.41) is 8.14. The van der Waals surface area contributed by atoms with Gasteiger partial charge in [-0.25, -0.2) is 9.89 Å². The van der Waals surface area contributed by atoms with E-state index >= 15 is 0 Å². The fourth-order valence-corrected chi connectivity index (χ4v) is 2.63. The highest BCUT2D eigenvalue weighted by Gasteiger charge is 2.18. The van der Waals surface area contributed by atoms with Crippen LogP contribution in [0.25, 0.3) is 0 Å². The van der Waals surface area contributed by atoms with Crippen LogP contribution in [0.15, 0.2) is 32.8 Å². The fourth-order valence-electron chi connectivity index (χ4n) is 1.87. The molecule has 0 aliphatic rings. The molecule has 7 nitrogen and oxygen atoms in total. The maximum absolute atomic E-state index is 12.3. The van der Waals surface area contributed by atoms with Gasteiger partial charge < -0.3 is 5.32 Å². The summed E-state index contributed by atoms with van der Waals surface area (Å²) in [5.41, 5.74) is 1.40. The number of amides is 1. The molecule has 0 aliphatic heterocycles. The van der Waals surface area contributed by atoms with Crippen LogP contribution in [-0.2, 0) is 4.79 Å². The average Bonchev–Trinajstić information content (AvgIpc) is 2.45. The molecular formula is C14H16N4O3S. The zero-order valence-electron chi connectivity index (χ0n) is 12.4. The average molecular weight is 320 g/mol. The van der Waals surface area contributed by atoms with Gasteiger partial charge in [0.1, 0.15) is 0 Å². The molecular weight excluding hydrogens is 304 g/mol. The van der Waals surface area contributed by atoms with Crippen molar-refractivity contribution in [2.75, 3.05) is 5.32 Å². The highest BCUT2D eigenvalue weighted by Crippen LogP contribution is 2.22. The Kier molecular flexibility index (Phi) is 4.81. The van der Waals surface area contributed by atoms with Crippen molar-refractivity contribution in [1.29, 1.82) is 0 Å². The van der Waals surface area contributed by atoms with Gasteiger partial charge in [0.25, 0.3) is 5.56 Å². The first-order valence-electron chi connectivity index (χ1n) is 6.61. The molecule has 0 aliphatic carbocycles. The minimum atomic E-state index is -0.679. The van der Waals surface area contributed by atoms with E-state index < -0.39 is 16.5 Å². The number of anilines is 1. The van der Waals surface area contributed by atoms with Gasteiger partial charge in [-0.1, -0.05) is 30.0 Å². The highest BCUT2D eigenvalue weighted by molar-refractivity contribution is 8.00. The summed E-state index contributed by atoms with van der Waals surface area (Å²) in [7, 11) is 0. The van der Waals surface area contributed by atoms with Crippen LogP contribution in [0.4, 0.5) is 5.69 Å². The van der Waals surface area contributed by atoms with Crippen LogP contribution in [0.2, 0.25) is 0 Å². The number of aryl methyl sites for hydroxylation is 2. The zero-order valence-corrected chi connectivity index (χ0v) is 13.2. The summed E-state index contributed by atoms with van der Waals surface area (Å²) in [4.78, 5) is 36.8. The van der Waals surface area contributed by atoms with Crippen molar-refractivity contribution in [3.05, 3.63) is 50.2 Å². The molecule has 22 heavy (non-hydrogen) atoms. The largest absolute Gasteiger partial charge is 0.342 e. The van der Waals surface area contributed by atoms with Gasteiger partial charge in [-0.05, 0) is 31.9 Å². The van der Waals surface area contributed by atoms with Crippen LogP contribution in [0.5, 0.6) is 0 Å². The molecule has 2 rings (SSSR count). The number of nitrogens with zero attached hydrogens (tertiary/aromatic N) is 1. The maximum atomic E-state index is 12.3. The van der Waals surface area contributed by atoms with E-state index in [1.165, 1.54) is 0 Å². The van der Waals surface area contributed by atoms with E-state index in [9.17, 15) is 14.4 Å². The Morgan fingerprint density at radius 2 is 1.91 bits per heavy atom. The van der Waals surface area contributed by atoms with E-state index in [1.807, 2.05) is 32.0 Å². The van der Waals surface area contributed by atoms with Crippen molar-refractivity contribution in [3.63, 3.8) is 0 Å². The van der Waals surface area contributed by atoms with Gasteiger partial charge in [0, 0.05) is 5.69 Å². The summed E-state index contributed by atoms with van der Waals surface area (Å²) in [5.74, 6) is -0.241. The Balaban J connectivity index is 2.13. The molecule has 1 aromatic carbocycles. The quantitative estimate of drug-likeness (QED) is 0.734. The summed E-state index contributed by atoms with van der Waals surface area (Å²) in [6.07, 6.45) is 0. The first-order chi connectivity index (χ1) is 10.4. The Morgan fingerprint density at radius 3 is 2.50 bits per heavy atom. The number of nitrogens with one attached hydrogen (secondary N) is 3. The van der Waals surface area contributed by atoms with Crippen molar-refractivity contribution in [1.82, 2.24) is 15.2 Å². The summed E-state index contributed by atoms with van der Waals surface area (Å²) < 4.78 is 0. The summed E-state index contributed by atoms with van der Waals surface area (Å²) in [6.45, 7) is 5.49. The Hall–Kier alpha value is -2.35. The first-order valence-corrected chi connectivity index (χ1v) is 7.49. The van der Waals surface area contributed by atoms with E-state index in [1.54, 1.807) is 6.92 Å². The third-order valence-corrected chi connectivity index (χ3v) is 4.13. The first kappa shape index (κ1) is 16.0. The number of para-hydroxylation sites is 1. The molecule has 2 aromatic rings. The number of aromatic amines is 2. The third kappa shape index (κ3) is 3.64. The molecule has 0 spiro atoms. The van der Waals surface area contributed by atoms with Gasteiger partial charge in [0.05, 0.1) is 5.25 Å². The topological polar surface area (TPSA) is 108 Å². The fraction of sp³-hybridized carbons (Fsp3) is 0.286. The lowest BCUT2D eigenvalue weighted by molar-refractivity contribution is -0.115. The number of thioether (sulfide) groups is 1. The second-order valence-electron chi connectivity index (χ2n) is 4.83. The lowest BCUT2D eigenvalue weighted by atomic mass is 10.1. The monoisotopic (exact) mass is 320 g/mol.